The summed E-state index contributed by atoms with van der Waals surface area (Å²) in [6, 6.07) is 10.4. The number of carbonyl (C=O) groups excluding carboxylic acids is 1. The fourth-order valence-corrected chi connectivity index (χ4v) is 2.70. The summed E-state index contributed by atoms with van der Waals surface area (Å²) in [5.74, 6) is 0.553. The molecule has 0 aliphatic carbocycles. The van der Waals surface area contributed by atoms with Crippen LogP contribution in [0.3, 0.4) is 0 Å². The van der Waals surface area contributed by atoms with Crippen LogP contribution in [0.2, 0.25) is 0 Å². The third-order valence-electron chi connectivity index (χ3n) is 4.05. The standard InChI is InChI=1S/C18H19N5O/c19-12-14-4-6-15(7-5-14)17(24)21-13-16-8-9-20-18(22-16)23-10-2-1-3-11-23/h4-9H,1-3,10-11,13H2,(H,21,24). The van der Waals surface area contributed by atoms with Gasteiger partial charge in [-0.2, -0.15) is 5.26 Å². The van der Waals surface area contributed by atoms with Crippen molar-refractivity contribution in [2.45, 2.75) is 25.8 Å². The number of amides is 1. The molecule has 1 saturated heterocycles. The number of rotatable bonds is 4. The molecule has 1 aliphatic heterocycles. The van der Waals surface area contributed by atoms with E-state index in [1.165, 1.54) is 19.3 Å². The molecule has 0 saturated carbocycles. The van der Waals surface area contributed by atoms with Crippen molar-refractivity contribution < 1.29 is 4.79 Å². The van der Waals surface area contributed by atoms with Crippen LogP contribution in [-0.2, 0) is 6.54 Å². The fourth-order valence-electron chi connectivity index (χ4n) is 2.70. The van der Waals surface area contributed by atoms with Gasteiger partial charge in [0, 0.05) is 24.8 Å². The van der Waals surface area contributed by atoms with Gasteiger partial charge in [-0.05, 0) is 49.6 Å². The number of hydrogen-bond donors (Lipinski definition) is 1. The predicted molar refractivity (Wildman–Crippen MR) is 90.4 cm³/mol. The number of nitriles is 1. The summed E-state index contributed by atoms with van der Waals surface area (Å²) in [6.45, 7) is 2.32. The van der Waals surface area contributed by atoms with Crippen LogP contribution in [0, 0.1) is 11.3 Å². The second-order valence-electron chi connectivity index (χ2n) is 5.77. The van der Waals surface area contributed by atoms with E-state index < -0.39 is 0 Å². The normalized spacial score (nSPS) is 14.0. The molecular weight excluding hydrogens is 302 g/mol. The Hall–Kier alpha value is -2.94. The Morgan fingerprint density at radius 2 is 1.92 bits per heavy atom. The monoisotopic (exact) mass is 321 g/mol. The van der Waals surface area contributed by atoms with E-state index in [9.17, 15) is 4.79 Å². The van der Waals surface area contributed by atoms with Crippen molar-refractivity contribution in [3.8, 4) is 6.07 Å². The second kappa shape index (κ2) is 7.55. The van der Waals surface area contributed by atoms with E-state index in [0.717, 1.165) is 24.7 Å². The first-order valence-electron chi connectivity index (χ1n) is 8.11. The summed E-state index contributed by atoms with van der Waals surface area (Å²) in [5, 5.41) is 11.6. The molecule has 3 rings (SSSR count). The van der Waals surface area contributed by atoms with Crippen LogP contribution in [0.4, 0.5) is 5.95 Å². The van der Waals surface area contributed by atoms with Crippen molar-refractivity contribution in [3.05, 3.63) is 53.3 Å². The van der Waals surface area contributed by atoms with Crippen molar-refractivity contribution >= 4 is 11.9 Å². The highest BCUT2D eigenvalue weighted by molar-refractivity contribution is 5.94. The molecule has 6 nitrogen and oxygen atoms in total. The number of hydrogen-bond acceptors (Lipinski definition) is 5. The zero-order chi connectivity index (χ0) is 16.8. The highest BCUT2D eigenvalue weighted by atomic mass is 16.1. The molecular formula is C18H19N5O. The highest BCUT2D eigenvalue weighted by Gasteiger charge is 2.14. The maximum absolute atomic E-state index is 12.2. The number of aromatic nitrogens is 2. The van der Waals surface area contributed by atoms with Crippen LogP contribution < -0.4 is 10.2 Å². The molecule has 24 heavy (non-hydrogen) atoms. The summed E-state index contributed by atoms with van der Waals surface area (Å²) >= 11 is 0. The summed E-state index contributed by atoms with van der Waals surface area (Å²) in [7, 11) is 0. The van der Waals surface area contributed by atoms with E-state index in [-0.39, 0.29) is 5.91 Å². The number of anilines is 1. The fraction of sp³-hybridized carbons (Fsp3) is 0.333. The molecule has 0 unspecified atom stereocenters. The quantitative estimate of drug-likeness (QED) is 0.934. The first-order chi connectivity index (χ1) is 11.8. The van der Waals surface area contributed by atoms with Gasteiger partial charge in [0.2, 0.25) is 5.95 Å². The molecule has 1 aliphatic rings. The van der Waals surface area contributed by atoms with Crippen molar-refractivity contribution in [2.24, 2.45) is 0 Å². The Kier molecular flexibility index (Phi) is 5.02. The van der Waals surface area contributed by atoms with Gasteiger partial charge in [-0.15, -0.1) is 0 Å². The van der Waals surface area contributed by atoms with Crippen LogP contribution in [0.5, 0.6) is 0 Å². The van der Waals surface area contributed by atoms with Crippen molar-refractivity contribution in [1.82, 2.24) is 15.3 Å². The summed E-state index contributed by atoms with van der Waals surface area (Å²) < 4.78 is 0. The lowest BCUT2D eigenvalue weighted by atomic mass is 10.1. The Labute approximate surface area is 141 Å². The number of benzene rings is 1. The number of piperidine rings is 1. The first-order valence-corrected chi connectivity index (χ1v) is 8.11. The molecule has 122 valence electrons. The van der Waals surface area contributed by atoms with Crippen LogP contribution in [0.15, 0.2) is 36.5 Å². The van der Waals surface area contributed by atoms with E-state index in [2.05, 4.69) is 20.2 Å². The second-order valence-corrected chi connectivity index (χ2v) is 5.77. The van der Waals surface area contributed by atoms with E-state index >= 15 is 0 Å². The molecule has 2 heterocycles. The van der Waals surface area contributed by atoms with Gasteiger partial charge in [0.05, 0.1) is 23.9 Å². The van der Waals surface area contributed by atoms with Crippen LogP contribution in [-0.4, -0.2) is 29.0 Å². The predicted octanol–water partition coefficient (Wildman–Crippen LogP) is 2.27. The zero-order valence-corrected chi connectivity index (χ0v) is 13.4. The molecule has 1 aromatic heterocycles. The smallest absolute Gasteiger partial charge is 0.251 e. The maximum Gasteiger partial charge on any atom is 0.251 e. The zero-order valence-electron chi connectivity index (χ0n) is 13.4. The van der Waals surface area contributed by atoms with E-state index in [1.54, 1.807) is 30.5 Å². The maximum atomic E-state index is 12.2. The Morgan fingerprint density at radius 3 is 2.62 bits per heavy atom. The molecule has 0 bridgehead atoms. The third kappa shape index (κ3) is 3.87. The van der Waals surface area contributed by atoms with Gasteiger partial charge in [-0.1, -0.05) is 0 Å². The number of nitrogens with one attached hydrogen (secondary N) is 1. The number of carbonyl (C=O) groups is 1. The van der Waals surface area contributed by atoms with Crippen LogP contribution in [0.25, 0.3) is 0 Å². The minimum Gasteiger partial charge on any atom is -0.346 e. The lowest BCUT2D eigenvalue weighted by Crippen LogP contribution is -2.31. The Balaban J connectivity index is 1.61. The van der Waals surface area contributed by atoms with Gasteiger partial charge in [0.1, 0.15) is 0 Å². The first kappa shape index (κ1) is 15.9. The average Bonchev–Trinajstić information content (AvgIpc) is 2.67. The van der Waals surface area contributed by atoms with Gasteiger partial charge in [-0.25, -0.2) is 9.97 Å². The molecule has 6 heteroatoms. The van der Waals surface area contributed by atoms with Crippen LogP contribution >= 0.6 is 0 Å². The average molecular weight is 321 g/mol. The van der Waals surface area contributed by atoms with E-state index in [4.69, 9.17) is 5.26 Å². The molecule has 1 amide bonds. The molecule has 1 aromatic carbocycles. The van der Waals surface area contributed by atoms with Crippen molar-refractivity contribution in [3.63, 3.8) is 0 Å². The van der Waals surface area contributed by atoms with E-state index in [0.29, 0.717) is 17.7 Å². The van der Waals surface area contributed by atoms with Gasteiger partial charge in [-0.3, -0.25) is 4.79 Å². The molecule has 0 spiro atoms. The van der Waals surface area contributed by atoms with Crippen LogP contribution in [0.1, 0.15) is 40.9 Å². The van der Waals surface area contributed by atoms with Crippen molar-refractivity contribution in [2.75, 3.05) is 18.0 Å². The summed E-state index contributed by atoms with van der Waals surface area (Å²) in [6.07, 6.45) is 5.34. The Bertz CT molecular complexity index is 745. The topological polar surface area (TPSA) is 81.9 Å². The molecule has 1 N–H and O–H groups in total. The van der Waals surface area contributed by atoms with Gasteiger partial charge < -0.3 is 10.2 Å². The molecule has 2 aromatic rings. The van der Waals surface area contributed by atoms with Gasteiger partial charge in [0.25, 0.3) is 5.91 Å². The van der Waals surface area contributed by atoms with E-state index in [1.807, 2.05) is 12.1 Å². The molecule has 0 radical (unpaired) electrons. The molecule has 1 fully saturated rings. The lowest BCUT2D eigenvalue weighted by Gasteiger charge is -2.26. The van der Waals surface area contributed by atoms with Crippen molar-refractivity contribution in [1.29, 1.82) is 5.26 Å². The third-order valence-corrected chi connectivity index (χ3v) is 4.05. The Morgan fingerprint density at radius 1 is 1.17 bits per heavy atom. The minimum absolute atomic E-state index is 0.183. The number of nitrogens with zero attached hydrogens (tertiary/aromatic N) is 4. The van der Waals surface area contributed by atoms with Gasteiger partial charge >= 0.3 is 0 Å². The highest BCUT2D eigenvalue weighted by Crippen LogP contribution is 2.15. The van der Waals surface area contributed by atoms with Gasteiger partial charge in [0.15, 0.2) is 0 Å². The summed E-state index contributed by atoms with van der Waals surface area (Å²) in [5.41, 5.74) is 1.85. The SMILES string of the molecule is N#Cc1ccc(C(=O)NCc2ccnc(N3CCCCC3)n2)cc1. The molecule has 0 atom stereocenters. The largest absolute Gasteiger partial charge is 0.346 e. The minimum atomic E-state index is -0.183. The summed E-state index contributed by atoms with van der Waals surface area (Å²) in [4.78, 5) is 23.2. The lowest BCUT2D eigenvalue weighted by molar-refractivity contribution is 0.0950.